The van der Waals surface area contributed by atoms with Crippen molar-refractivity contribution in [2.75, 3.05) is 0 Å². The first-order valence-electron chi connectivity index (χ1n) is 4.21. The molecule has 1 nitrogen and oxygen atoms in total. The van der Waals surface area contributed by atoms with Gasteiger partial charge in [-0.3, -0.25) is 0 Å². The predicted octanol–water partition coefficient (Wildman–Crippen LogP) is 2.97. The minimum Gasteiger partial charge on any atom is -0.300 e. The third-order valence-electron chi connectivity index (χ3n) is 1.94. The van der Waals surface area contributed by atoms with Gasteiger partial charge in [0.25, 0.3) is 0 Å². The highest BCUT2D eigenvalue weighted by molar-refractivity contribution is 7.08. The van der Waals surface area contributed by atoms with Gasteiger partial charge in [0.2, 0.25) is 0 Å². The number of hydrogen-bond acceptors (Lipinski definition) is 2. The highest BCUT2D eigenvalue weighted by Gasteiger charge is 1.99. The van der Waals surface area contributed by atoms with E-state index in [0.717, 1.165) is 19.3 Å². The summed E-state index contributed by atoms with van der Waals surface area (Å²) in [6.07, 6.45) is 2.76. The van der Waals surface area contributed by atoms with Crippen LogP contribution < -0.4 is 0 Å². The smallest absolute Gasteiger partial charge is 0.129 e. The third kappa shape index (κ3) is 2.78. The van der Waals surface area contributed by atoms with Crippen molar-refractivity contribution >= 4 is 17.1 Å². The molecule has 1 heterocycles. The number of rotatable bonds is 4. The monoisotopic (exact) mass is 182 g/mol. The summed E-state index contributed by atoms with van der Waals surface area (Å²) < 4.78 is 0. The second-order valence-electron chi connectivity index (χ2n) is 3.14. The minimum atomic E-state index is 0.294. The van der Waals surface area contributed by atoms with E-state index in [9.17, 15) is 4.79 Å². The number of carbonyl (C=O) groups excluding carboxylic acids is 1. The Bertz CT molecular complexity index is 263. The van der Waals surface area contributed by atoms with E-state index in [4.69, 9.17) is 0 Å². The van der Waals surface area contributed by atoms with Crippen molar-refractivity contribution < 1.29 is 4.79 Å². The predicted molar refractivity (Wildman–Crippen MR) is 52.7 cm³/mol. The van der Waals surface area contributed by atoms with Gasteiger partial charge in [0.15, 0.2) is 0 Å². The van der Waals surface area contributed by atoms with Crippen LogP contribution in [0, 0.1) is 6.92 Å². The Labute approximate surface area is 77.4 Å². The maximum Gasteiger partial charge on any atom is 0.129 e. The van der Waals surface area contributed by atoms with Crippen LogP contribution in [0.4, 0.5) is 0 Å². The van der Waals surface area contributed by atoms with Crippen molar-refractivity contribution in [2.45, 2.75) is 33.1 Å². The lowest BCUT2D eigenvalue weighted by atomic mass is 10.1. The summed E-state index contributed by atoms with van der Waals surface area (Å²) in [5.74, 6) is 0.294. The van der Waals surface area contributed by atoms with Crippen LogP contribution in [0.3, 0.4) is 0 Å². The fourth-order valence-electron chi connectivity index (χ4n) is 1.17. The van der Waals surface area contributed by atoms with Crippen LogP contribution in [0.5, 0.6) is 0 Å². The first-order valence-corrected chi connectivity index (χ1v) is 5.15. The van der Waals surface area contributed by atoms with Gasteiger partial charge in [0, 0.05) is 6.42 Å². The van der Waals surface area contributed by atoms with Crippen molar-refractivity contribution in [3.63, 3.8) is 0 Å². The molecule has 0 amide bonds. The average molecular weight is 182 g/mol. The zero-order valence-electron chi connectivity index (χ0n) is 7.59. The molecular formula is C10H14OS. The Morgan fingerprint density at radius 2 is 2.25 bits per heavy atom. The van der Waals surface area contributed by atoms with Crippen LogP contribution in [0.1, 0.15) is 30.9 Å². The molecule has 2 heteroatoms. The Morgan fingerprint density at radius 3 is 2.75 bits per heavy atom. The van der Waals surface area contributed by atoms with E-state index in [1.807, 2.05) is 0 Å². The van der Waals surface area contributed by atoms with E-state index >= 15 is 0 Å². The first-order chi connectivity index (χ1) is 5.70. The van der Waals surface area contributed by atoms with Gasteiger partial charge in [-0.25, -0.2) is 0 Å². The molecule has 1 aromatic heterocycles. The molecule has 0 bridgehead atoms. The van der Waals surface area contributed by atoms with E-state index in [2.05, 4.69) is 17.7 Å². The first kappa shape index (κ1) is 9.46. The highest BCUT2D eigenvalue weighted by Crippen LogP contribution is 2.15. The number of thiophene rings is 1. The maximum atomic E-state index is 10.7. The molecule has 0 unspecified atom stereocenters. The van der Waals surface area contributed by atoms with Gasteiger partial charge in [-0.15, -0.1) is 0 Å². The van der Waals surface area contributed by atoms with E-state index in [0.29, 0.717) is 5.78 Å². The summed E-state index contributed by atoms with van der Waals surface area (Å²) in [7, 11) is 0. The van der Waals surface area contributed by atoms with E-state index in [1.54, 1.807) is 18.3 Å². The van der Waals surface area contributed by atoms with E-state index in [-0.39, 0.29) is 0 Å². The SMILES string of the molecule is CC(=O)CCCc1cscc1C. The van der Waals surface area contributed by atoms with Crippen molar-refractivity contribution in [3.8, 4) is 0 Å². The molecule has 0 saturated carbocycles. The summed E-state index contributed by atoms with van der Waals surface area (Å²) in [5, 5.41) is 4.33. The quantitative estimate of drug-likeness (QED) is 0.699. The van der Waals surface area contributed by atoms with Gasteiger partial charge >= 0.3 is 0 Å². The molecule has 1 aromatic rings. The van der Waals surface area contributed by atoms with Gasteiger partial charge < -0.3 is 4.79 Å². The normalized spacial score (nSPS) is 10.2. The molecule has 0 aliphatic heterocycles. The van der Waals surface area contributed by atoms with Crippen LogP contribution in [-0.4, -0.2) is 5.78 Å². The molecule has 1 rings (SSSR count). The number of carbonyl (C=O) groups is 1. The van der Waals surface area contributed by atoms with Crippen molar-refractivity contribution in [1.29, 1.82) is 0 Å². The van der Waals surface area contributed by atoms with E-state index in [1.165, 1.54) is 11.1 Å². The lowest BCUT2D eigenvalue weighted by Crippen LogP contribution is -1.92. The van der Waals surface area contributed by atoms with Crippen LogP contribution in [0.2, 0.25) is 0 Å². The summed E-state index contributed by atoms with van der Waals surface area (Å²) >= 11 is 1.74. The molecule has 0 radical (unpaired) electrons. The Hall–Kier alpha value is -0.630. The molecule has 0 aliphatic carbocycles. The topological polar surface area (TPSA) is 17.1 Å². The van der Waals surface area contributed by atoms with Gasteiger partial charge in [-0.2, -0.15) is 11.3 Å². The number of Topliss-reactive ketones (excluding diaryl/α,β-unsaturated/α-hetero) is 1. The minimum absolute atomic E-state index is 0.294. The standard InChI is InChI=1S/C10H14OS/c1-8-6-12-7-10(8)5-3-4-9(2)11/h6-7H,3-5H2,1-2H3. The summed E-state index contributed by atoms with van der Waals surface area (Å²) in [5.41, 5.74) is 2.77. The van der Waals surface area contributed by atoms with Crippen LogP contribution >= 0.6 is 11.3 Å². The number of ketones is 1. The number of aryl methyl sites for hydroxylation is 2. The molecule has 0 saturated heterocycles. The molecule has 0 N–H and O–H groups in total. The van der Waals surface area contributed by atoms with Crippen LogP contribution in [0.15, 0.2) is 10.8 Å². The Morgan fingerprint density at radius 1 is 1.50 bits per heavy atom. The molecular weight excluding hydrogens is 168 g/mol. The fourth-order valence-corrected chi connectivity index (χ4v) is 2.06. The van der Waals surface area contributed by atoms with Gasteiger partial charge in [-0.05, 0) is 48.6 Å². The van der Waals surface area contributed by atoms with Crippen LogP contribution in [0.25, 0.3) is 0 Å². The van der Waals surface area contributed by atoms with Gasteiger partial charge in [0.1, 0.15) is 5.78 Å². The van der Waals surface area contributed by atoms with Crippen molar-refractivity contribution in [3.05, 3.63) is 21.9 Å². The zero-order chi connectivity index (χ0) is 8.97. The lowest BCUT2D eigenvalue weighted by Gasteiger charge is -1.97. The molecule has 0 fully saturated rings. The molecule has 0 aromatic carbocycles. The molecule has 0 spiro atoms. The second-order valence-corrected chi connectivity index (χ2v) is 3.88. The van der Waals surface area contributed by atoms with Gasteiger partial charge in [0.05, 0.1) is 0 Å². The summed E-state index contributed by atoms with van der Waals surface area (Å²) in [6, 6.07) is 0. The Kier molecular flexibility index (Phi) is 3.48. The molecule has 0 aliphatic rings. The Balaban J connectivity index is 2.33. The van der Waals surface area contributed by atoms with Crippen LogP contribution in [-0.2, 0) is 11.2 Å². The highest BCUT2D eigenvalue weighted by atomic mass is 32.1. The zero-order valence-corrected chi connectivity index (χ0v) is 8.41. The maximum absolute atomic E-state index is 10.7. The average Bonchev–Trinajstić information content (AvgIpc) is 2.36. The van der Waals surface area contributed by atoms with Crippen molar-refractivity contribution in [1.82, 2.24) is 0 Å². The van der Waals surface area contributed by atoms with Crippen molar-refractivity contribution in [2.24, 2.45) is 0 Å². The van der Waals surface area contributed by atoms with Gasteiger partial charge in [-0.1, -0.05) is 0 Å². The molecule has 12 heavy (non-hydrogen) atoms. The molecule has 66 valence electrons. The largest absolute Gasteiger partial charge is 0.300 e. The summed E-state index contributed by atoms with van der Waals surface area (Å²) in [4.78, 5) is 10.7. The van der Waals surface area contributed by atoms with E-state index < -0.39 is 0 Å². The third-order valence-corrected chi connectivity index (χ3v) is 2.85. The number of hydrogen-bond donors (Lipinski definition) is 0. The second kappa shape index (κ2) is 4.41. The lowest BCUT2D eigenvalue weighted by molar-refractivity contribution is -0.117. The summed E-state index contributed by atoms with van der Waals surface area (Å²) in [6.45, 7) is 3.78. The molecule has 0 atom stereocenters. The fraction of sp³-hybridized carbons (Fsp3) is 0.500.